The number of rotatable bonds is 5. The fourth-order valence-corrected chi connectivity index (χ4v) is 3.19. The molecule has 2 heterocycles. The molecule has 0 bridgehead atoms. The van der Waals surface area contributed by atoms with Crippen LogP contribution in [0, 0.1) is 0 Å². The number of furan rings is 1. The minimum atomic E-state index is -3.67. The average molecular weight is 281 g/mol. The first-order valence-corrected chi connectivity index (χ1v) is 7.22. The van der Waals surface area contributed by atoms with Crippen molar-refractivity contribution in [2.75, 3.05) is 12.3 Å². The normalized spacial score (nSPS) is 11.9. The zero-order chi connectivity index (χ0) is 13.9. The van der Waals surface area contributed by atoms with Crippen LogP contribution in [0.3, 0.4) is 0 Å². The van der Waals surface area contributed by atoms with E-state index in [0.717, 1.165) is 0 Å². The van der Waals surface area contributed by atoms with Gasteiger partial charge in [-0.3, -0.25) is 0 Å². The Labute approximate surface area is 111 Å². The molecule has 0 saturated heterocycles. The third-order valence-electron chi connectivity index (χ3n) is 2.68. The van der Waals surface area contributed by atoms with Crippen molar-refractivity contribution in [2.45, 2.75) is 18.4 Å². The Kier molecular flexibility index (Phi) is 3.87. The fraction of sp³-hybridized carbons (Fsp3) is 0.250. The van der Waals surface area contributed by atoms with Gasteiger partial charge in [0.1, 0.15) is 16.5 Å². The Morgan fingerprint density at radius 2 is 2.16 bits per heavy atom. The van der Waals surface area contributed by atoms with Gasteiger partial charge in [0.15, 0.2) is 0 Å². The first kappa shape index (κ1) is 13.6. The summed E-state index contributed by atoms with van der Waals surface area (Å²) < 4.78 is 31.4. The minimum Gasteiger partial charge on any atom is -0.468 e. The predicted octanol–water partition coefficient (Wildman–Crippen LogP) is 1.47. The second-order valence-electron chi connectivity index (χ2n) is 3.90. The van der Waals surface area contributed by atoms with Gasteiger partial charge in [-0.05, 0) is 24.3 Å². The predicted molar refractivity (Wildman–Crippen MR) is 70.6 cm³/mol. The summed E-state index contributed by atoms with van der Waals surface area (Å²) in [5.74, 6) is 0.577. The van der Waals surface area contributed by atoms with Gasteiger partial charge in [0.25, 0.3) is 0 Å². The molecule has 0 saturated carbocycles. The van der Waals surface area contributed by atoms with E-state index >= 15 is 0 Å². The molecule has 0 spiro atoms. The number of hydrogen-bond acceptors (Lipinski definition) is 5. The smallest absolute Gasteiger partial charge is 0.247 e. The van der Waals surface area contributed by atoms with E-state index in [1.807, 2.05) is 0 Å². The Morgan fingerprint density at radius 1 is 1.37 bits per heavy atom. The number of nitrogens with two attached hydrogens (primary N) is 1. The molecule has 102 valence electrons. The zero-order valence-corrected chi connectivity index (χ0v) is 11.3. The second kappa shape index (κ2) is 5.41. The van der Waals surface area contributed by atoms with Gasteiger partial charge in [0.05, 0.1) is 12.8 Å². The maximum absolute atomic E-state index is 12.5. The Balaban J connectivity index is 2.34. The SMILES string of the molecule is CCN(Cc1ccco1)S(=O)(=O)c1cccnc1N. The van der Waals surface area contributed by atoms with Crippen molar-refractivity contribution in [3.63, 3.8) is 0 Å². The molecule has 0 radical (unpaired) electrons. The lowest BCUT2D eigenvalue weighted by Gasteiger charge is -2.19. The van der Waals surface area contributed by atoms with Crippen molar-refractivity contribution in [1.29, 1.82) is 0 Å². The molecular weight excluding hydrogens is 266 g/mol. The fourth-order valence-electron chi connectivity index (χ4n) is 1.70. The molecule has 0 unspecified atom stereocenters. The van der Waals surface area contributed by atoms with E-state index in [1.54, 1.807) is 25.1 Å². The Hall–Kier alpha value is -1.86. The van der Waals surface area contributed by atoms with Gasteiger partial charge in [0, 0.05) is 12.7 Å². The van der Waals surface area contributed by atoms with Crippen molar-refractivity contribution in [1.82, 2.24) is 9.29 Å². The summed E-state index contributed by atoms with van der Waals surface area (Å²) in [7, 11) is -3.67. The molecule has 0 aliphatic rings. The standard InChI is InChI=1S/C12H15N3O3S/c1-2-15(9-10-5-4-8-18-10)19(16,17)11-6-3-7-14-12(11)13/h3-8H,2,9H2,1H3,(H2,13,14). The zero-order valence-electron chi connectivity index (χ0n) is 10.5. The van der Waals surface area contributed by atoms with Crippen LogP contribution in [0.25, 0.3) is 0 Å². The lowest BCUT2D eigenvalue weighted by molar-refractivity contribution is 0.375. The van der Waals surface area contributed by atoms with Crippen molar-refractivity contribution in [2.24, 2.45) is 0 Å². The number of nitrogen functional groups attached to an aromatic ring is 1. The second-order valence-corrected chi connectivity index (χ2v) is 5.80. The van der Waals surface area contributed by atoms with E-state index in [0.29, 0.717) is 12.3 Å². The first-order chi connectivity index (χ1) is 9.05. The molecule has 0 fully saturated rings. The van der Waals surface area contributed by atoms with E-state index in [9.17, 15) is 8.42 Å². The molecule has 2 rings (SSSR count). The van der Waals surface area contributed by atoms with Crippen LogP contribution in [0.1, 0.15) is 12.7 Å². The molecule has 0 aliphatic carbocycles. The summed E-state index contributed by atoms with van der Waals surface area (Å²) in [6, 6.07) is 6.44. The number of nitrogens with zero attached hydrogens (tertiary/aromatic N) is 2. The van der Waals surface area contributed by atoms with E-state index in [1.165, 1.54) is 22.8 Å². The van der Waals surface area contributed by atoms with E-state index in [-0.39, 0.29) is 17.3 Å². The van der Waals surface area contributed by atoms with Gasteiger partial charge in [-0.15, -0.1) is 0 Å². The number of pyridine rings is 1. The molecule has 7 heteroatoms. The van der Waals surface area contributed by atoms with Gasteiger partial charge in [-0.2, -0.15) is 4.31 Å². The molecule has 2 N–H and O–H groups in total. The maximum atomic E-state index is 12.5. The summed E-state index contributed by atoms with van der Waals surface area (Å²) in [6.07, 6.45) is 2.96. The highest BCUT2D eigenvalue weighted by atomic mass is 32.2. The summed E-state index contributed by atoms with van der Waals surface area (Å²) in [5.41, 5.74) is 5.63. The molecular formula is C12H15N3O3S. The number of sulfonamides is 1. The van der Waals surface area contributed by atoms with Crippen LogP contribution in [-0.4, -0.2) is 24.3 Å². The van der Waals surface area contributed by atoms with Crippen molar-refractivity contribution < 1.29 is 12.8 Å². The molecule has 0 amide bonds. The highest BCUT2D eigenvalue weighted by Gasteiger charge is 2.26. The molecule has 0 aliphatic heterocycles. The van der Waals surface area contributed by atoms with Gasteiger partial charge >= 0.3 is 0 Å². The van der Waals surface area contributed by atoms with Crippen LogP contribution in [0.4, 0.5) is 5.82 Å². The number of hydrogen-bond donors (Lipinski definition) is 1. The highest BCUT2D eigenvalue weighted by Crippen LogP contribution is 2.21. The highest BCUT2D eigenvalue weighted by molar-refractivity contribution is 7.89. The molecule has 0 aromatic carbocycles. The van der Waals surface area contributed by atoms with Gasteiger partial charge in [0.2, 0.25) is 10.0 Å². The lowest BCUT2D eigenvalue weighted by atomic mass is 10.4. The van der Waals surface area contributed by atoms with E-state index in [4.69, 9.17) is 10.2 Å². The molecule has 0 atom stereocenters. The molecule has 6 nitrogen and oxygen atoms in total. The van der Waals surface area contributed by atoms with Gasteiger partial charge in [-0.25, -0.2) is 13.4 Å². The van der Waals surface area contributed by atoms with Gasteiger partial charge in [-0.1, -0.05) is 6.92 Å². The Morgan fingerprint density at radius 3 is 2.74 bits per heavy atom. The third kappa shape index (κ3) is 2.77. The van der Waals surface area contributed by atoms with E-state index < -0.39 is 10.0 Å². The summed E-state index contributed by atoms with van der Waals surface area (Å²) in [5, 5.41) is 0. The first-order valence-electron chi connectivity index (χ1n) is 5.78. The topological polar surface area (TPSA) is 89.4 Å². The van der Waals surface area contributed by atoms with Gasteiger partial charge < -0.3 is 10.2 Å². The van der Waals surface area contributed by atoms with Crippen molar-refractivity contribution >= 4 is 15.8 Å². The molecule has 19 heavy (non-hydrogen) atoms. The van der Waals surface area contributed by atoms with E-state index in [2.05, 4.69) is 4.98 Å². The molecule has 2 aromatic rings. The average Bonchev–Trinajstić information content (AvgIpc) is 2.89. The van der Waals surface area contributed by atoms with Crippen LogP contribution >= 0.6 is 0 Å². The van der Waals surface area contributed by atoms with Crippen LogP contribution in [0.5, 0.6) is 0 Å². The number of anilines is 1. The van der Waals surface area contributed by atoms with Crippen LogP contribution in [0.2, 0.25) is 0 Å². The number of aromatic nitrogens is 1. The lowest BCUT2D eigenvalue weighted by Crippen LogP contribution is -2.31. The van der Waals surface area contributed by atoms with Crippen LogP contribution in [-0.2, 0) is 16.6 Å². The summed E-state index contributed by atoms with van der Waals surface area (Å²) in [6.45, 7) is 2.24. The Bertz CT molecular complexity index is 638. The monoisotopic (exact) mass is 281 g/mol. The van der Waals surface area contributed by atoms with Crippen LogP contribution < -0.4 is 5.73 Å². The minimum absolute atomic E-state index is 0.000366. The van der Waals surface area contributed by atoms with Crippen molar-refractivity contribution in [3.8, 4) is 0 Å². The van der Waals surface area contributed by atoms with Crippen LogP contribution in [0.15, 0.2) is 46.0 Å². The summed E-state index contributed by atoms with van der Waals surface area (Å²) >= 11 is 0. The largest absolute Gasteiger partial charge is 0.468 e. The summed E-state index contributed by atoms with van der Waals surface area (Å²) in [4.78, 5) is 3.82. The van der Waals surface area contributed by atoms with Crippen molar-refractivity contribution in [3.05, 3.63) is 42.5 Å². The maximum Gasteiger partial charge on any atom is 0.247 e. The third-order valence-corrected chi connectivity index (χ3v) is 4.65. The quantitative estimate of drug-likeness (QED) is 0.896. The molecule has 2 aromatic heterocycles.